The minimum atomic E-state index is 0.554. The Morgan fingerprint density at radius 3 is 3.23 bits per heavy atom. The number of carbonyl (C=O) groups excluding carboxylic acids is 1. The van der Waals surface area contributed by atoms with Crippen molar-refractivity contribution in [3.8, 4) is 0 Å². The number of hydrogen-bond donors (Lipinski definition) is 0. The van der Waals surface area contributed by atoms with Gasteiger partial charge in [-0.1, -0.05) is 0 Å². The number of hydrogen-bond acceptors (Lipinski definition) is 2. The van der Waals surface area contributed by atoms with E-state index in [-0.39, 0.29) is 0 Å². The van der Waals surface area contributed by atoms with Crippen LogP contribution in [0.15, 0.2) is 30.6 Å². The summed E-state index contributed by atoms with van der Waals surface area (Å²) in [7, 11) is 0. The molecule has 0 fully saturated rings. The van der Waals surface area contributed by atoms with Crippen molar-refractivity contribution in [3.05, 3.63) is 30.6 Å². The fraction of sp³-hybridized carbons (Fsp3) is 0.200. The third-order valence-corrected chi connectivity index (χ3v) is 2.03. The predicted molar refractivity (Wildman–Crippen MR) is 50.4 cm³/mol. The van der Waals surface area contributed by atoms with Crippen molar-refractivity contribution < 1.29 is 4.79 Å². The lowest BCUT2D eigenvalue weighted by atomic mass is 10.4. The summed E-state index contributed by atoms with van der Waals surface area (Å²) in [6.07, 6.45) is 5.22. The Balaban J connectivity index is 2.40. The topological polar surface area (TPSA) is 34.9 Å². The number of aryl methyl sites for hydroxylation is 1. The van der Waals surface area contributed by atoms with E-state index >= 15 is 0 Å². The molecule has 3 heteroatoms. The molecule has 13 heavy (non-hydrogen) atoms. The van der Waals surface area contributed by atoms with Crippen molar-refractivity contribution in [1.82, 2.24) is 9.55 Å². The standard InChI is InChI=1S/C10H10N2O/c13-8-2-6-12-7-4-9-10(12)3-1-5-11-9/h1,3-5,7-8H,2,6H2. The van der Waals surface area contributed by atoms with Crippen molar-refractivity contribution in [1.29, 1.82) is 0 Å². The number of fused-ring (bicyclic) bond motifs is 1. The van der Waals surface area contributed by atoms with E-state index in [1.54, 1.807) is 6.20 Å². The van der Waals surface area contributed by atoms with E-state index in [4.69, 9.17) is 0 Å². The number of rotatable bonds is 3. The molecule has 0 saturated heterocycles. The van der Waals surface area contributed by atoms with Gasteiger partial charge >= 0.3 is 0 Å². The second-order valence-electron chi connectivity index (χ2n) is 2.87. The van der Waals surface area contributed by atoms with Crippen molar-refractivity contribution in [3.63, 3.8) is 0 Å². The summed E-state index contributed by atoms with van der Waals surface area (Å²) in [5.74, 6) is 0. The van der Waals surface area contributed by atoms with E-state index in [1.165, 1.54) is 0 Å². The van der Waals surface area contributed by atoms with Gasteiger partial charge in [-0.15, -0.1) is 0 Å². The van der Waals surface area contributed by atoms with Crippen molar-refractivity contribution in [2.45, 2.75) is 13.0 Å². The van der Waals surface area contributed by atoms with E-state index in [0.29, 0.717) is 6.42 Å². The van der Waals surface area contributed by atoms with Crippen LogP contribution in [0.25, 0.3) is 11.0 Å². The summed E-state index contributed by atoms with van der Waals surface area (Å²) in [6.45, 7) is 0.735. The van der Waals surface area contributed by atoms with Gasteiger partial charge in [0.25, 0.3) is 0 Å². The van der Waals surface area contributed by atoms with E-state index in [9.17, 15) is 4.79 Å². The van der Waals surface area contributed by atoms with Crippen molar-refractivity contribution >= 4 is 17.3 Å². The van der Waals surface area contributed by atoms with Crippen LogP contribution in [0.5, 0.6) is 0 Å². The van der Waals surface area contributed by atoms with Gasteiger partial charge in [-0.25, -0.2) is 0 Å². The SMILES string of the molecule is O=CCCn1ccc2ncccc21. The summed E-state index contributed by atoms with van der Waals surface area (Å²) in [5, 5.41) is 0. The molecule has 3 nitrogen and oxygen atoms in total. The first kappa shape index (κ1) is 7.98. The summed E-state index contributed by atoms with van der Waals surface area (Å²) in [4.78, 5) is 14.4. The van der Waals surface area contributed by atoms with Crippen LogP contribution < -0.4 is 0 Å². The zero-order chi connectivity index (χ0) is 9.10. The Labute approximate surface area is 76.0 Å². The van der Waals surface area contributed by atoms with Gasteiger partial charge in [0.1, 0.15) is 6.29 Å². The molecule has 0 spiro atoms. The average Bonchev–Trinajstić information content (AvgIpc) is 2.58. The first-order chi connectivity index (χ1) is 6.42. The third kappa shape index (κ3) is 1.45. The molecule has 2 aromatic heterocycles. The highest BCUT2D eigenvalue weighted by Crippen LogP contribution is 2.12. The first-order valence-corrected chi connectivity index (χ1v) is 4.25. The Hall–Kier alpha value is -1.64. The van der Waals surface area contributed by atoms with Crippen LogP contribution in [0.4, 0.5) is 0 Å². The quantitative estimate of drug-likeness (QED) is 0.663. The number of pyridine rings is 1. The number of nitrogens with zero attached hydrogens (tertiary/aromatic N) is 2. The van der Waals surface area contributed by atoms with Gasteiger partial charge in [-0.3, -0.25) is 4.98 Å². The second kappa shape index (κ2) is 3.39. The highest BCUT2D eigenvalue weighted by Gasteiger charge is 1.98. The van der Waals surface area contributed by atoms with E-state index in [0.717, 1.165) is 23.9 Å². The lowest BCUT2D eigenvalue weighted by Crippen LogP contribution is -1.95. The maximum Gasteiger partial charge on any atom is 0.121 e. The van der Waals surface area contributed by atoms with Gasteiger partial charge in [-0.2, -0.15) is 0 Å². The Morgan fingerprint density at radius 2 is 2.38 bits per heavy atom. The molecule has 2 aromatic rings. The molecule has 0 N–H and O–H groups in total. The molecule has 66 valence electrons. The third-order valence-electron chi connectivity index (χ3n) is 2.03. The molecule has 0 aliphatic carbocycles. The largest absolute Gasteiger partial charge is 0.346 e. The molecule has 0 amide bonds. The van der Waals surface area contributed by atoms with Crippen molar-refractivity contribution in [2.75, 3.05) is 0 Å². The van der Waals surface area contributed by atoms with E-state index in [1.807, 2.05) is 29.0 Å². The van der Waals surface area contributed by atoms with Crippen LogP contribution in [0.3, 0.4) is 0 Å². The molecule has 0 aliphatic heterocycles. The first-order valence-electron chi connectivity index (χ1n) is 4.25. The summed E-state index contributed by atoms with van der Waals surface area (Å²) in [6, 6.07) is 5.87. The van der Waals surface area contributed by atoms with Crippen LogP contribution in [0, 0.1) is 0 Å². The molecule has 0 saturated carbocycles. The van der Waals surface area contributed by atoms with Gasteiger partial charge in [0.15, 0.2) is 0 Å². The van der Waals surface area contributed by atoms with Crippen LogP contribution in [-0.4, -0.2) is 15.8 Å². The maximum atomic E-state index is 10.2. The highest BCUT2D eigenvalue weighted by atomic mass is 16.1. The van der Waals surface area contributed by atoms with Crippen LogP contribution >= 0.6 is 0 Å². The Kier molecular flexibility index (Phi) is 2.08. The maximum absolute atomic E-state index is 10.2. The lowest BCUT2D eigenvalue weighted by Gasteiger charge is -2.00. The van der Waals surface area contributed by atoms with Crippen LogP contribution in [0.2, 0.25) is 0 Å². The van der Waals surface area contributed by atoms with Crippen LogP contribution in [-0.2, 0) is 11.3 Å². The predicted octanol–water partition coefficient (Wildman–Crippen LogP) is 1.63. The van der Waals surface area contributed by atoms with Crippen LogP contribution in [0.1, 0.15) is 6.42 Å². The molecular formula is C10H10N2O. The summed E-state index contributed by atoms with van der Waals surface area (Å²) in [5.41, 5.74) is 2.07. The van der Waals surface area contributed by atoms with Gasteiger partial charge in [0.2, 0.25) is 0 Å². The highest BCUT2D eigenvalue weighted by molar-refractivity contribution is 5.75. The molecule has 0 bridgehead atoms. The average molecular weight is 174 g/mol. The molecule has 2 heterocycles. The summed E-state index contributed by atoms with van der Waals surface area (Å²) >= 11 is 0. The molecule has 0 aliphatic rings. The minimum absolute atomic E-state index is 0.554. The van der Waals surface area contributed by atoms with Gasteiger partial charge < -0.3 is 9.36 Å². The normalized spacial score (nSPS) is 10.5. The minimum Gasteiger partial charge on any atom is -0.346 e. The molecule has 0 aromatic carbocycles. The Morgan fingerprint density at radius 1 is 1.46 bits per heavy atom. The number of carbonyl (C=O) groups is 1. The fourth-order valence-corrected chi connectivity index (χ4v) is 1.41. The van der Waals surface area contributed by atoms with Crippen molar-refractivity contribution in [2.24, 2.45) is 0 Å². The van der Waals surface area contributed by atoms with E-state index in [2.05, 4.69) is 4.98 Å². The zero-order valence-corrected chi connectivity index (χ0v) is 7.18. The summed E-state index contributed by atoms with van der Waals surface area (Å²) < 4.78 is 2.04. The zero-order valence-electron chi connectivity index (χ0n) is 7.18. The fourth-order valence-electron chi connectivity index (χ4n) is 1.41. The number of aldehydes is 1. The van der Waals surface area contributed by atoms with Gasteiger partial charge in [-0.05, 0) is 18.2 Å². The lowest BCUT2D eigenvalue weighted by molar-refractivity contribution is -0.108. The smallest absolute Gasteiger partial charge is 0.121 e. The van der Waals surface area contributed by atoms with Gasteiger partial charge in [0, 0.05) is 25.4 Å². The molecule has 0 unspecified atom stereocenters. The molecule has 2 rings (SSSR count). The molecule has 0 atom stereocenters. The van der Waals surface area contributed by atoms with Gasteiger partial charge in [0.05, 0.1) is 11.0 Å². The second-order valence-corrected chi connectivity index (χ2v) is 2.87. The Bertz CT molecular complexity index is 420. The molecule has 0 radical (unpaired) electrons. The molecular weight excluding hydrogens is 164 g/mol. The number of aromatic nitrogens is 2. The monoisotopic (exact) mass is 174 g/mol. The van der Waals surface area contributed by atoms with E-state index < -0.39 is 0 Å².